The molecule has 1 unspecified atom stereocenters. The number of halogens is 2. The van der Waals surface area contributed by atoms with Gasteiger partial charge in [-0.05, 0) is 18.6 Å². The normalized spacial score (nSPS) is 21.1. The number of anilines is 1. The van der Waals surface area contributed by atoms with Crippen LogP contribution in [0.5, 0.6) is 0 Å². The molecule has 1 aromatic carbocycles. The van der Waals surface area contributed by atoms with E-state index in [-0.39, 0.29) is 5.91 Å². The third-order valence-electron chi connectivity index (χ3n) is 2.45. The Labute approximate surface area is 97.8 Å². The summed E-state index contributed by atoms with van der Waals surface area (Å²) in [6.45, 7) is 0.573. The summed E-state index contributed by atoms with van der Waals surface area (Å²) in [5, 5.41) is 0.954. The second-order valence-corrected chi connectivity index (χ2v) is 4.27. The van der Waals surface area contributed by atoms with Gasteiger partial charge < -0.3 is 10.6 Å². The molecular formula is C10H10Cl2N2O. The third-order valence-corrected chi connectivity index (χ3v) is 3.06. The number of nitrogens with zero attached hydrogens (tertiary/aromatic N) is 1. The standard InChI is InChI=1S/C10H10Cl2N2O/c11-6-2-1-3-7(12)9(6)14-5-4-8(13)10(14)15/h1-3,8H,4-5,13H2. The Bertz CT molecular complexity index is 388. The average molecular weight is 245 g/mol. The van der Waals surface area contributed by atoms with Crippen molar-refractivity contribution in [2.45, 2.75) is 12.5 Å². The lowest BCUT2D eigenvalue weighted by Gasteiger charge is -2.18. The van der Waals surface area contributed by atoms with Gasteiger partial charge in [-0.25, -0.2) is 0 Å². The van der Waals surface area contributed by atoms with Crippen LogP contribution in [0.3, 0.4) is 0 Å². The van der Waals surface area contributed by atoms with Gasteiger partial charge in [0.05, 0.1) is 21.8 Å². The minimum atomic E-state index is -0.433. The first kappa shape index (κ1) is 10.7. The monoisotopic (exact) mass is 244 g/mol. The van der Waals surface area contributed by atoms with Gasteiger partial charge >= 0.3 is 0 Å². The van der Waals surface area contributed by atoms with Crippen LogP contribution in [0.4, 0.5) is 5.69 Å². The minimum absolute atomic E-state index is 0.120. The van der Waals surface area contributed by atoms with E-state index >= 15 is 0 Å². The lowest BCUT2D eigenvalue weighted by molar-refractivity contribution is -0.118. The van der Waals surface area contributed by atoms with Crippen LogP contribution in [0, 0.1) is 0 Å². The van der Waals surface area contributed by atoms with Crippen molar-refractivity contribution in [2.24, 2.45) is 5.73 Å². The first-order valence-electron chi connectivity index (χ1n) is 4.62. The Balaban J connectivity index is 2.42. The molecule has 2 rings (SSSR count). The molecule has 0 spiro atoms. The molecule has 0 aliphatic carbocycles. The number of rotatable bonds is 1. The van der Waals surface area contributed by atoms with Crippen LogP contribution in [0.2, 0.25) is 10.0 Å². The average Bonchev–Trinajstić information content (AvgIpc) is 2.49. The first-order chi connectivity index (χ1) is 7.11. The molecule has 1 fully saturated rings. The Morgan fingerprint density at radius 1 is 1.33 bits per heavy atom. The summed E-state index contributed by atoms with van der Waals surface area (Å²) < 4.78 is 0. The molecule has 0 bridgehead atoms. The van der Waals surface area contributed by atoms with Crippen LogP contribution in [0.1, 0.15) is 6.42 Å². The maximum atomic E-state index is 11.7. The van der Waals surface area contributed by atoms with E-state index in [2.05, 4.69) is 0 Å². The Morgan fingerprint density at radius 2 is 1.93 bits per heavy atom. The molecule has 1 aromatic rings. The number of nitrogens with two attached hydrogens (primary N) is 1. The van der Waals surface area contributed by atoms with Crippen LogP contribution in [0.15, 0.2) is 18.2 Å². The van der Waals surface area contributed by atoms with Crippen molar-refractivity contribution in [3.63, 3.8) is 0 Å². The molecule has 1 saturated heterocycles. The van der Waals surface area contributed by atoms with E-state index in [1.807, 2.05) is 0 Å². The second kappa shape index (κ2) is 4.00. The molecule has 15 heavy (non-hydrogen) atoms. The SMILES string of the molecule is NC1CCN(c2c(Cl)cccc2Cl)C1=O. The highest BCUT2D eigenvalue weighted by Gasteiger charge is 2.31. The lowest BCUT2D eigenvalue weighted by Crippen LogP contribution is -2.34. The van der Waals surface area contributed by atoms with Crippen LogP contribution >= 0.6 is 23.2 Å². The molecule has 2 N–H and O–H groups in total. The number of hydrogen-bond acceptors (Lipinski definition) is 2. The number of carbonyl (C=O) groups excluding carboxylic acids is 1. The third kappa shape index (κ3) is 1.83. The number of hydrogen-bond donors (Lipinski definition) is 1. The van der Waals surface area contributed by atoms with Crippen molar-refractivity contribution in [1.82, 2.24) is 0 Å². The van der Waals surface area contributed by atoms with Crippen molar-refractivity contribution < 1.29 is 4.79 Å². The van der Waals surface area contributed by atoms with Gasteiger partial charge in [-0.15, -0.1) is 0 Å². The van der Waals surface area contributed by atoms with E-state index in [0.717, 1.165) is 0 Å². The number of para-hydroxylation sites is 1. The highest BCUT2D eigenvalue weighted by atomic mass is 35.5. The van der Waals surface area contributed by atoms with Crippen molar-refractivity contribution in [2.75, 3.05) is 11.4 Å². The summed E-state index contributed by atoms with van der Waals surface area (Å²) >= 11 is 12.0. The molecule has 5 heteroatoms. The molecule has 3 nitrogen and oxygen atoms in total. The summed E-state index contributed by atoms with van der Waals surface area (Å²) in [6, 6.07) is 4.73. The fourth-order valence-electron chi connectivity index (χ4n) is 1.67. The fourth-order valence-corrected chi connectivity index (χ4v) is 2.27. The van der Waals surface area contributed by atoms with Crippen LogP contribution < -0.4 is 10.6 Å². The zero-order chi connectivity index (χ0) is 11.0. The maximum absolute atomic E-state index is 11.7. The highest BCUT2D eigenvalue weighted by Crippen LogP contribution is 2.35. The molecular weight excluding hydrogens is 235 g/mol. The van der Waals surface area contributed by atoms with Gasteiger partial charge in [-0.2, -0.15) is 0 Å². The van der Waals surface area contributed by atoms with Crippen molar-refractivity contribution in [3.8, 4) is 0 Å². The summed E-state index contributed by atoms with van der Waals surface area (Å²) in [4.78, 5) is 13.2. The second-order valence-electron chi connectivity index (χ2n) is 3.46. The van der Waals surface area contributed by atoms with E-state index in [9.17, 15) is 4.79 Å². The summed E-state index contributed by atoms with van der Waals surface area (Å²) in [5.74, 6) is -0.120. The van der Waals surface area contributed by atoms with Crippen LogP contribution in [0.25, 0.3) is 0 Å². The fraction of sp³-hybridized carbons (Fsp3) is 0.300. The Kier molecular flexibility index (Phi) is 2.87. The summed E-state index contributed by atoms with van der Waals surface area (Å²) in [6.07, 6.45) is 0.639. The van der Waals surface area contributed by atoms with Crippen molar-refractivity contribution in [3.05, 3.63) is 28.2 Å². The molecule has 0 aromatic heterocycles. The predicted molar refractivity (Wildman–Crippen MR) is 61.4 cm³/mol. The molecule has 0 radical (unpaired) electrons. The van der Waals surface area contributed by atoms with Crippen molar-refractivity contribution >= 4 is 34.8 Å². The van der Waals surface area contributed by atoms with Gasteiger partial charge in [-0.3, -0.25) is 4.79 Å². The molecule has 1 amide bonds. The smallest absolute Gasteiger partial charge is 0.244 e. The van der Waals surface area contributed by atoms with E-state index in [4.69, 9.17) is 28.9 Å². The van der Waals surface area contributed by atoms with Gasteiger partial charge in [-0.1, -0.05) is 29.3 Å². The molecule has 1 heterocycles. The molecule has 1 aliphatic rings. The largest absolute Gasteiger partial charge is 0.320 e. The number of benzene rings is 1. The van der Waals surface area contributed by atoms with E-state index in [0.29, 0.717) is 28.7 Å². The summed E-state index contributed by atoms with van der Waals surface area (Å²) in [7, 11) is 0. The van der Waals surface area contributed by atoms with Gasteiger partial charge in [0.25, 0.3) is 0 Å². The van der Waals surface area contributed by atoms with E-state index < -0.39 is 6.04 Å². The van der Waals surface area contributed by atoms with Gasteiger partial charge in [0, 0.05) is 6.54 Å². The molecule has 1 atom stereocenters. The highest BCUT2D eigenvalue weighted by molar-refractivity contribution is 6.40. The molecule has 0 saturated carbocycles. The molecule has 80 valence electrons. The topological polar surface area (TPSA) is 46.3 Å². The minimum Gasteiger partial charge on any atom is -0.320 e. The van der Waals surface area contributed by atoms with E-state index in [1.165, 1.54) is 0 Å². The van der Waals surface area contributed by atoms with Gasteiger partial charge in [0.1, 0.15) is 0 Å². The lowest BCUT2D eigenvalue weighted by atomic mass is 10.3. The maximum Gasteiger partial charge on any atom is 0.244 e. The van der Waals surface area contributed by atoms with Crippen molar-refractivity contribution in [1.29, 1.82) is 0 Å². The zero-order valence-corrected chi connectivity index (χ0v) is 9.42. The van der Waals surface area contributed by atoms with Crippen LogP contribution in [-0.2, 0) is 4.79 Å². The number of carbonyl (C=O) groups is 1. The van der Waals surface area contributed by atoms with E-state index in [1.54, 1.807) is 23.1 Å². The number of amides is 1. The Hall–Kier alpha value is -0.770. The quantitative estimate of drug-likeness (QED) is 0.823. The predicted octanol–water partition coefficient (Wildman–Crippen LogP) is 2.06. The summed E-state index contributed by atoms with van der Waals surface area (Å²) in [5.41, 5.74) is 6.20. The zero-order valence-electron chi connectivity index (χ0n) is 7.91. The van der Waals surface area contributed by atoms with Crippen LogP contribution in [-0.4, -0.2) is 18.5 Å². The Morgan fingerprint density at radius 3 is 2.40 bits per heavy atom. The van der Waals surface area contributed by atoms with Gasteiger partial charge in [0.15, 0.2) is 0 Å². The first-order valence-corrected chi connectivity index (χ1v) is 5.38. The molecule has 1 aliphatic heterocycles. The van der Waals surface area contributed by atoms with Gasteiger partial charge in [0.2, 0.25) is 5.91 Å².